The van der Waals surface area contributed by atoms with Crippen molar-refractivity contribution in [2.45, 2.75) is 13.0 Å². The third-order valence-electron chi connectivity index (χ3n) is 4.16. The maximum atomic E-state index is 12.3. The Morgan fingerprint density at radius 2 is 1.88 bits per heavy atom. The minimum absolute atomic E-state index is 0.0130. The molecule has 2 aromatic carbocycles. The van der Waals surface area contributed by atoms with E-state index in [4.69, 9.17) is 4.74 Å². The molecule has 1 heterocycles. The fourth-order valence-corrected chi connectivity index (χ4v) is 2.82. The van der Waals surface area contributed by atoms with Crippen LogP contribution in [0.2, 0.25) is 0 Å². The Balaban J connectivity index is 1.59. The van der Waals surface area contributed by atoms with Gasteiger partial charge in [-0.25, -0.2) is 0 Å². The van der Waals surface area contributed by atoms with Crippen LogP contribution >= 0.6 is 0 Å². The van der Waals surface area contributed by atoms with Gasteiger partial charge in [-0.15, -0.1) is 0 Å². The van der Waals surface area contributed by atoms with Crippen LogP contribution in [0.4, 0.5) is 5.69 Å². The molecule has 124 valence electrons. The molecule has 0 bridgehead atoms. The van der Waals surface area contributed by atoms with E-state index < -0.39 is 0 Å². The van der Waals surface area contributed by atoms with Gasteiger partial charge in [0.1, 0.15) is 5.75 Å². The highest BCUT2D eigenvalue weighted by Gasteiger charge is 2.34. The summed E-state index contributed by atoms with van der Waals surface area (Å²) in [5.41, 5.74) is 1.77. The summed E-state index contributed by atoms with van der Waals surface area (Å²) in [5.74, 6) is 0.383. The van der Waals surface area contributed by atoms with Gasteiger partial charge < -0.3 is 15.0 Å². The molecule has 3 rings (SSSR count). The van der Waals surface area contributed by atoms with E-state index in [0.29, 0.717) is 13.1 Å². The van der Waals surface area contributed by atoms with Gasteiger partial charge in [-0.05, 0) is 29.8 Å². The topological polar surface area (TPSA) is 58.6 Å². The number of nitrogens with zero attached hydrogens (tertiary/aromatic N) is 1. The summed E-state index contributed by atoms with van der Waals surface area (Å²) < 4.78 is 5.13. The van der Waals surface area contributed by atoms with Gasteiger partial charge in [-0.1, -0.05) is 30.3 Å². The molecule has 24 heavy (non-hydrogen) atoms. The first-order chi connectivity index (χ1) is 11.7. The van der Waals surface area contributed by atoms with Crippen molar-refractivity contribution >= 4 is 17.5 Å². The van der Waals surface area contributed by atoms with Gasteiger partial charge in [0.25, 0.3) is 0 Å². The van der Waals surface area contributed by atoms with Crippen molar-refractivity contribution < 1.29 is 14.3 Å². The van der Waals surface area contributed by atoms with Crippen LogP contribution in [0.1, 0.15) is 12.0 Å². The molecule has 1 unspecified atom stereocenters. The molecule has 5 nitrogen and oxygen atoms in total. The molecule has 0 aliphatic carbocycles. The highest BCUT2D eigenvalue weighted by Crippen LogP contribution is 2.22. The normalized spacial score (nSPS) is 17.0. The largest absolute Gasteiger partial charge is 0.497 e. The van der Waals surface area contributed by atoms with E-state index in [1.165, 1.54) is 0 Å². The van der Waals surface area contributed by atoms with Crippen LogP contribution in [0.3, 0.4) is 0 Å². The number of rotatable bonds is 5. The molecule has 1 fully saturated rings. The SMILES string of the molecule is COc1ccc(CN2CC(C(=O)Nc3ccccc3)CC2=O)cc1. The molecular formula is C19H20N2O3. The molecule has 0 spiro atoms. The molecule has 0 aromatic heterocycles. The minimum atomic E-state index is -0.309. The van der Waals surface area contributed by atoms with Crippen molar-refractivity contribution in [1.82, 2.24) is 4.90 Å². The second-order valence-electron chi connectivity index (χ2n) is 5.88. The van der Waals surface area contributed by atoms with Crippen LogP contribution in [-0.2, 0) is 16.1 Å². The molecule has 1 atom stereocenters. The number of ether oxygens (including phenoxy) is 1. The molecule has 2 amide bonds. The molecular weight excluding hydrogens is 304 g/mol. The van der Waals surface area contributed by atoms with Crippen LogP contribution < -0.4 is 10.1 Å². The summed E-state index contributed by atoms with van der Waals surface area (Å²) >= 11 is 0. The van der Waals surface area contributed by atoms with Crippen molar-refractivity contribution in [1.29, 1.82) is 0 Å². The minimum Gasteiger partial charge on any atom is -0.497 e. The standard InChI is InChI=1S/C19H20N2O3/c1-24-17-9-7-14(8-10-17)12-21-13-15(11-18(21)22)19(23)20-16-5-3-2-4-6-16/h2-10,15H,11-13H2,1H3,(H,20,23). The van der Waals surface area contributed by atoms with Gasteiger partial charge in [-0.2, -0.15) is 0 Å². The Hall–Kier alpha value is -2.82. The first kappa shape index (κ1) is 16.1. The van der Waals surface area contributed by atoms with E-state index in [0.717, 1.165) is 17.0 Å². The van der Waals surface area contributed by atoms with Gasteiger partial charge in [0.15, 0.2) is 0 Å². The lowest BCUT2D eigenvalue weighted by atomic mass is 10.1. The number of carbonyl (C=O) groups excluding carboxylic acids is 2. The average molecular weight is 324 g/mol. The lowest BCUT2D eigenvalue weighted by molar-refractivity contribution is -0.128. The van der Waals surface area contributed by atoms with E-state index in [-0.39, 0.29) is 24.2 Å². The van der Waals surface area contributed by atoms with Gasteiger partial charge >= 0.3 is 0 Å². The second-order valence-corrected chi connectivity index (χ2v) is 5.88. The lowest BCUT2D eigenvalue weighted by Crippen LogP contribution is -2.28. The zero-order chi connectivity index (χ0) is 16.9. The number of hydrogen-bond donors (Lipinski definition) is 1. The number of likely N-dealkylation sites (tertiary alicyclic amines) is 1. The van der Waals surface area contributed by atoms with E-state index in [9.17, 15) is 9.59 Å². The number of nitrogens with one attached hydrogen (secondary N) is 1. The average Bonchev–Trinajstić information content (AvgIpc) is 2.97. The quantitative estimate of drug-likeness (QED) is 0.920. The van der Waals surface area contributed by atoms with Crippen molar-refractivity contribution in [3.05, 3.63) is 60.2 Å². The molecule has 1 aliphatic heterocycles. The summed E-state index contributed by atoms with van der Waals surface area (Å²) in [6.45, 7) is 0.960. The molecule has 0 radical (unpaired) electrons. The number of amides is 2. The highest BCUT2D eigenvalue weighted by atomic mass is 16.5. The number of benzene rings is 2. The van der Waals surface area contributed by atoms with Crippen LogP contribution in [0.5, 0.6) is 5.75 Å². The van der Waals surface area contributed by atoms with Crippen molar-refractivity contribution in [3.63, 3.8) is 0 Å². The predicted molar refractivity (Wildman–Crippen MR) is 91.6 cm³/mol. The van der Waals surface area contributed by atoms with Crippen LogP contribution in [0.15, 0.2) is 54.6 Å². The Morgan fingerprint density at radius 3 is 2.54 bits per heavy atom. The van der Waals surface area contributed by atoms with Crippen LogP contribution in [-0.4, -0.2) is 30.4 Å². The second kappa shape index (κ2) is 7.17. The molecule has 0 saturated carbocycles. The van der Waals surface area contributed by atoms with Crippen molar-refractivity contribution in [2.24, 2.45) is 5.92 Å². The molecule has 1 N–H and O–H groups in total. The molecule has 1 saturated heterocycles. The summed E-state index contributed by atoms with van der Waals surface area (Å²) in [5, 5.41) is 2.87. The third kappa shape index (κ3) is 3.74. The first-order valence-corrected chi connectivity index (χ1v) is 7.92. The summed E-state index contributed by atoms with van der Waals surface area (Å²) in [6.07, 6.45) is 0.259. The van der Waals surface area contributed by atoms with E-state index in [2.05, 4.69) is 5.32 Å². The Morgan fingerprint density at radius 1 is 1.17 bits per heavy atom. The van der Waals surface area contributed by atoms with Crippen LogP contribution in [0, 0.1) is 5.92 Å². The van der Waals surface area contributed by atoms with Crippen molar-refractivity contribution in [3.8, 4) is 5.75 Å². The number of methoxy groups -OCH3 is 1. The smallest absolute Gasteiger partial charge is 0.229 e. The number of carbonyl (C=O) groups is 2. The number of anilines is 1. The summed E-state index contributed by atoms with van der Waals surface area (Å²) in [4.78, 5) is 26.3. The molecule has 5 heteroatoms. The Kier molecular flexibility index (Phi) is 4.79. The zero-order valence-corrected chi connectivity index (χ0v) is 13.6. The van der Waals surface area contributed by atoms with E-state index in [1.807, 2.05) is 54.6 Å². The summed E-state index contributed by atoms with van der Waals surface area (Å²) in [6, 6.07) is 16.9. The monoisotopic (exact) mass is 324 g/mol. The highest BCUT2D eigenvalue weighted by molar-refractivity contribution is 5.97. The molecule has 1 aliphatic rings. The molecule has 2 aromatic rings. The third-order valence-corrected chi connectivity index (χ3v) is 4.16. The Bertz CT molecular complexity index is 713. The summed E-state index contributed by atoms with van der Waals surface area (Å²) in [7, 11) is 1.62. The predicted octanol–water partition coefficient (Wildman–Crippen LogP) is 2.68. The van der Waals surface area contributed by atoms with Crippen molar-refractivity contribution in [2.75, 3.05) is 19.0 Å². The fraction of sp³-hybridized carbons (Fsp3) is 0.263. The fourth-order valence-electron chi connectivity index (χ4n) is 2.82. The number of hydrogen-bond acceptors (Lipinski definition) is 3. The Labute approximate surface area is 141 Å². The van der Waals surface area contributed by atoms with Gasteiger partial charge in [-0.3, -0.25) is 9.59 Å². The van der Waals surface area contributed by atoms with Gasteiger partial charge in [0, 0.05) is 25.2 Å². The van der Waals surface area contributed by atoms with E-state index in [1.54, 1.807) is 12.0 Å². The zero-order valence-electron chi connectivity index (χ0n) is 13.6. The number of para-hydroxylation sites is 1. The van der Waals surface area contributed by atoms with E-state index >= 15 is 0 Å². The van der Waals surface area contributed by atoms with Crippen LogP contribution in [0.25, 0.3) is 0 Å². The maximum Gasteiger partial charge on any atom is 0.229 e. The van der Waals surface area contributed by atoms with Gasteiger partial charge in [0.2, 0.25) is 11.8 Å². The first-order valence-electron chi connectivity index (χ1n) is 7.92. The van der Waals surface area contributed by atoms with Gasteiger partial charge in [0.05, 0.1) is 13.0 Å². The maximum absolute atomic E-state index is 12.3. The lowest BCUT2D eigenvalue weighted by Gasteiger charge is -2.17.